The first kappa shape index (κ1) is 13.8. The molecule has 19 heavy (non-hydrogen) atoms. The van der Waals surface area contributed by atoms with Gasteiger partial charge in [-0.05, 0) is 58.3 Å². The Bertz CT molecular complexity index is 466. The van der Waals surface area contributed by atoms with Gasteiger partial charge in [0, 0.05) is 12.6 Å². The van der Waals surface area contributed by atoms with E-state index in [2.05, 4.69) is 28.3 Å². The minimum atomic E-state index is 0.695. The molecular weight excluding hydrogens is 236 g/mol. The van der Waals surface area contributed by atoms with Gasteiger partial charge in [-0.3, -0.25) is 0 Å². The van der Waals surface area contributed by atoms with Crippen LogP contribution in [0.3, 0.4) is 0 Å². The van der Waals surface area contributed by atoms with Crippen LogP contribution in [0.4, 0.5) is 5.82 Å². The summed E-state index contributed by atoms with van der Waals surface area (Å²) in [6, 6.07) is 4.86. The molecule has 1 N–H and O–H groups in total. The van der Waals surface area contributed by atoms with Gasteiger partial charge in [0.25, 0.3) is 0 Å². The lowest BCUT2D eigenvalue weighted by Gasteiger charge is -2.19. The topological polar surface area (TPSA) is 52.0 Å². The van der Waals surface area contributed by atoms with Crippen LogP contribution in [0.15, 0.2) is 6.07 Å². The van der Waals surface area contributed by atoms with Crippen LogP contribution in [0.1, 0.15) is 36.1 Å². The lowest BCUT2D eigenvalue weighted by Crippen LogP contribution is -2.27. The fourth-order valence-corrected chi connectivity index (χ4v) is 2.80. The average molecular weight is 258 g/mol. The molecular formula is C15H22N4. The van der Waals surface area contributed by atoms with Crippen LogP contribution in [0.5, 0.6) is 0 Å². The van der Waals surface area contributed by atoms with E-state index in [9.17, 15) is 0 Å². The van der Waals surface area contributed by atoms with E-state index in [-0.39, 0.29) is 0 Å². The van der Waals surface area contributed by atoms with Crippen LogP contribution < -0.4 is 5.32 Å². The summed E-state index contributed by atoms with van der Waals surface area (Å²) in [6.07, 6.45) is 3.77. The van der Waals surface area contributed by atoms with E-state index in [4.69, 9.17) is 5.26 Å². The number of hydrogen-bond acceptors (Lipinski definition) is 4. The van der Waals surface area contributed by atoms with Crippen molar-refractivity contribution in [2.45, 2.75) is 39.2 Å². The molecule has 1 fully saturated rings. The van der Waals surface area contributed by atoms with Crippen molar-refractivity contribution < 1.29 is 0 Å². The van der Waals surface area contributed by atoms with Crippen molar-refractivity contribution in [1.29, 1.82) is 5.26 Å². The van der Waals surface area contributed by atoms with Gasteiger partial charge >= 0.3 is 0 Å². The monoisotopic (exact) mass is 258 g/mol. The predicted octanol–water partition coefficient (Wildman–Crippen LogP) is 2.47. The van der Waals surface area contributed by atoms with E-state index in [1.165, 1.54) is 19.4 Å². The van der Waals surface area contributed by atoms with Crippen molar-refractivity contribution in [2.75, 3.05) is 25.5 Å². The molecule has 0 aromatic carbocycles. The quantitative estimate of drug-likeness (QED) is 0.901. The van der Waals surface area contributed by atoms with Crippen LogP contribution in [0.25, 0.3) is 0 Å². The van der Waals surface area contributed by atoms with Gasteiger partial charge < -0.3 is 10.2 Å². The molecule has 0 aliphatic carbocycles. The Hall–Kier alpha value is -1.60. The molecule has 1 aromatic heterocycles. The Kier molecular flexibility index (Phi) is 4.39. The van der Waals surface area contributed by atoms with Crippen molar-refractivity contribution in [1.82, 2.24) is 9.88 Å². The molecule has 0 spiro atoms. The second kappa shape index (κ2) is 6.03. The number of nitrogens with zero attached hydrogens (tertiary/aromatic N) is 3. The summed E-state index contributed by atoms with van der Waals surface area (Å²) in [5.41, 5.74) is 2.50. The van der Waals surface area contributed by atoms with Gasteiger partial charge in [-0.15, -0.1) is 0 Å². The maximum absolute atomic E-state index is 9.02. The van der Waals surface area contributed by atoms with Crippen LogP contribution in [0, 0.1) is 25.2 Å². The minimum Gasteiger partial charge on any atom is -0.370 e. The normalized spacial score (nSPS) is 19.4. The van der Waals surface area contributed by atoms with Gasteiger partial charge in [0.1, 0.15) is 11.9 Å². The average Bonchev–Trinajstić information content (AvgIpc) is 2.75. The second-order valence-electron chi connectivity index (χ2n) is 5.39. The van der Waals surface area contributed by atoms with E-state index in [0.717, 1.165) is 30.0 Å². The lowest BCUT2D eigenvalue weighted by atomic mass is 10.1. The third-order valence-electron chi connectivity index (χ3n) is 3.96. The van der Waals surface area contributed by atoms with Crippen LogP contribution in [-0.2, 0) is 0 Å². The van der Waals surface area contributed by atoms with Crippen molar-refractivity contribution in [3.63, 3.8) is 0 Å². The molecule has 4 heteroatoms. The maximum Gasteiger partial charge on any atom is 0.126 e. The molecule has 1 unspecified atom stereocenters. The van der Waals surface area contributed by atoms with E-state index in [1.54, 1.807) is 0 Å². The van der Waals surface area contributed by atoms with E-state index in [1.807, 2.05) is 19.9 Å². The van der Waals surface area contributed by atoms with Crippen LogP contribution >= 0.6 is 0 Å². The van der Waals surface area contributed by atoms with Gasteiger partial charge in [0.15, 0.2) is 0 Å². The van der Waals surface area contributed by atoms with Crippen molar-refractivity contribution >= 4 is 5.82 Å². The van der Waals surface area contributed by atoms with Crippen molar-refractivity contribution in [2.24, 2.45) is 0 Å². The third-order valence-corrected chi connectivity index (χ3v) is 3.96. The summed E-state index contributed by atoms with van der Waals surface area (Å²) >= 11 is 0. The number of hydrogen-bond donors (Lipinski definition) is 1. The summed E-state index contributed by atoms with van der Waals surface area (Å²) in [4.78, 5) is 6.88. The van der Waals surface area contributed by atoms with Gasteiger partial charge in [-0.1, -0.05) is 0 Å². The maximum atomic E-state index is 9.02. The highest BCUT2D eigenvalue weighted by Gasteiger charge is 2.19. The molecule has 1 aliphatic heterocycles. The van der Waals surface area contributed by atoms with Crippen LogP contribution in [-0.4, -0.2) is 36.1 Å². The number of anilines is 1. The number of rotatable bonds is 4. The Morgan fingerprint density at radius 2 is 2.32 bits per heavy atom. The SMILES string of the molecule is Cc1cc(NCCC2CCCN2C)nc(C)c1C#N. The molecule has 102 valence electrons. The molecule has 0 saturated carbocycles. The third kappa shape index (κ3) is 3.24. The summed E-state index contributed by atoms with van der Waals surface area (Å²) in [5.74, 6) is 0.884. The van der Waals surface area contributed by atoms with Gasteiger partial charge in [-0.2, -0.15) is 5.26 Å². The second-order valence-corrected chi connectivity index (χ2v) is 5.39. The highest BCUT2D eigenvalue weighted by atomic mass is 15.1. The molecule has 0 bridgehead atoms. The fraction of sp³-hybridized carbons (Fsp3) is 0.600. The Morgan fingerprint density at radius 3 is 2.89 bits per heavy atom. The first-order valence-electron chi connectivity index (χ1n) is 6.94. The number of nitriles is 1. The molecule has 1 aliphatic rings. The highest BCUT2D eigenvalue weighted by molar-refractivity contribution is 5.48. The zero-order valence-electron chi connectivity index (χ0n) is 12.0. The van der Waals surface area contributed by atoms with E-state index < -0.39 is 0 Å². The Labute approximate surface area is 115 Å². The molecule has 2 heterocycles. The number of aryl methyl sites for hydroxylation is 2. The zero-order valence-corrected chi connectivity index (χ0v) is 12.0. The smallest absolute Gasteiger partial charge is 0.126 e. The molecule has 2 rings (SSSR count). The minimum absolute atomic E-state index is 0.695. The van der Waals surface area contributed by atoms with Gasteiger partial charge in [-0.25, -0.2) is 4.98 Å². The Balaban J connectivity index is 1.91. The number of likely N-dealkylation sites (tertiary alicyclic amines) is 1. The molecule has 1 atom stereocenters. The highest BCUT2D eigenvalue weighted by Crippen LogP contribution is 2.19. The molecule has 0 amide bonds. The molecule has 0 radical (unpaired) electrons. The molecule has 1 saturated heterocycles. The molecule has 4 nitrogen and oxygen atoms in total. The number of nitrogens with one attached hydrogen (secondary N) is 1. The zero-order chi connectivity index (χ0) is 13.8. The van der Waals surface area contributed by atoms with E-state index in [0.29, 0.717) is 11.6 Å². The first-order chi connectivity index (χ1) is 9.11. The summed E-state index contributed by atoms with van der Waals surface area (Å²) in [5, 5.41) is 12.4. The molecule has 1 aromatic rings. The van der Waals surface area contributed by atoms with Crippen molar-refractivity contribution in [3.05, 3.63) is 22.9 Å². The standard InChI is InChI=1S/C15H22N4/c1-11-9-15(18-12(2)14(11)10-16)17-7-6-13-5-4-8-19(13)3/h9,13H,4-8H2,1-3H3,(H,17,18). The predicted molar refractivity (Wildman–Crippen MR) is 77.2 cm³/mol. The summed E-state index contributed by atoms with van der Waals surface area (Å²) < 4.78 is 0. The van der Waals surface area contributed by atoms with Gasteiger partial charge in [0.2, 0.25) is 0 Å². The van der Waals surface area contributed by atoms with E-state index >= 15 is 0 Å². The van der Waals surface area contributed by atoms with Gasteiger partial charge in [0.05, 0.1) is 11.3 Å². The largest absolute Gasteiger partial charge is 0.370 e. The van der Waals surface area contributed by atoms with Crippen molar-refractivity contribution in [3.8, 4) is 6.07 Å². The number of aromatic nitrogens is 1. The summed E-state index contributed by atoms with van der Waals surface area (Å²) in [7, 11) is 2.20. The Morgan fingerprint density at radius 1 is 1.53 bits per heavy atom. The first-order valence-corrected chi connectivity index (χ1v) is 6.94. The lowest BCUT2D eigenvalue weighted by molar-refractivity contribution is 0.301. The van der Waals surface area contributed by atoms with Crippen LogP contribution in [0.2, 0.25) is 0 Å². The fourth-order valence-electron chi connectivity index (χ4n) is 2.80. The number of pyridine rings is 1. The summed E-state index contributed by atoms with van der Waals surface area (Å²) in [6.45, 7) is 6.01.